The van der Waals surface area contributed by atoms with E-state index in [2.05, 4.69) is 11.6 Å². The van der Waals surface area contributed by atoms with Crippen LogP contribution >= 0.6 is 0 Å². The van der Waals surface area contributed by atoms with Gasteiger partial charge in [0.2, 0.25) is 0 Å². The maximum Gasteiger partial charge on any atom is 0.336 e. The van der Waals surface area contributed by atoms with Crippen molar-refractivity contribution < 1.29 is 24.6 Å². The van der Waals surface area contributed by atoms with Gasteiger partial charge in [-0.3, -0.25) is 5.43 Å². The number of urea groups is 1. The number of nitrogens with two attached hydrogens (primary N) is 2. The van der Waals surface area contributed by atoms with Crippen molar-refractivity contribution in [3.8, 4) is 0 Å². The Morgan fingerprint density at radius 3 is 1.47 bits per heavy atom. The molecule has 1 aromatic carbocycles. The predicted octanol–water partition coefficient (Wildman–Crippen LogP) is -0.389. The van der Waals surface area contributed by atoms with Crippen LogP contribution in [0.1, 0.15) is 20.7 Å². The van der Waals surface area contributed by atoms with Gasteiger partial charge in [-0.15, -0.1) is 0 Å². The summed E-state index contributed by atoms with van der Waals surface area (Å²) in [6.45, 7) is 0. The molecule has 0 saturated carbocycles. The second-order valence-electron chi connectivity index (χ2n) is 2.66. The summed E-state index contributed by atoms with van der Waals surface area (Å²) in [6, 6.07) is 4.76. The van der Waals surface area contributed by atoms with Crippen molar-refractivity contribution in [2.45, 2.75) is 0 Å². The van der Waals surface area contributed by atoms with E-state index < -0.39 is 18.0 Å². The Bertz CT molecular complexity index is 399. The molecule has 0 atom stereocenters. The lowest BCUT2D eigenvalue weighted by atomic mass is 10.1. The van der Waals surface area contributed by atoms with E-state index >= 15 is 0 Å². The van der Waals surface area contributed by atoms with Gasteiger partial charge in [0, 0.05) is 0 Å². The zero-order chi connectivity index (χ0) is 13.4. The molecule has 0 fully saturated rings. The monoisotopic (exact) mass is 241 g/mol. The third-order valence-electron chi connectivity index (χ3n) is 1.53. The van der Waals surface area contributed by atoms with Gasteiger partial charge in [0.15, 0.2) is 0 Å². The summed E-state index contributed by atoms with van der Waals surface area (Å²) in [5.74, 6) is 1.99. The minimum Gasteiger partial charge on any atom is -0.478 e. The molecule has 0 heterocycles. The number of hydrogen-bond donors (Lipinski definition) is 5. The van der Waals surface area contributed by atoms with Gasteiger partial charge in [0.25, 0.3) is 0 Å². The van der Waals surface area contributed by atoms with E-state index in [0.29, 0.717) is 0 Å². The zero-order valence-electron chi connectivity index (χ0n) is 8.58. The Morgan fingerprint density at radius 2 is 1.29 bits per heavy atom. The SMILES string of the molecule is NNC(N)=O.O=C(O)c1ccccc1C(=O)O. The molecule has 0 radical (unpaired) electrons. The van der Waals surface area contributed by atoms with Crippen molar-refractivity contribution >= 4 is 18.0 Å². The molecule has 8 nitrogen and oxygen atoms in total. The summed E-state index contributed by atoms with van der Waals surface area (Å²) >= 11 is 0. The lowest BCUT2D eigenvalue weighted by molar-refractivity contribution is 0.0651. The summed E-state index contributed by atoms with van der Waals surface area (Å²) in [5.41, 5.74) is 5.70. The number of rotatable bonds is 2. The van der Waals surface area contributed by atoms with Crippen molar-refractivity contribution in [2.24, 2.45) is 11.6 Å². The Labute approximate surface area is 95.8 Å². The molecule has 8 heteroatoms. The summed E-state index contributed by atoms with van der Waals surface area (Å²) in [7, 11) is 0. The summed E-state index contributed by atoms with van der Waals surface area (Å²) < 4.78 is 0. The van der Waals surface area contributed by atoms with Crippen molar-refractivity contribution in [1.29, 1.82) is 0 Å². The Balaban J connectivity index is 0.000000437. The Kier molecular flexibility index (Phi) is 5.75. The first kappa shape index (κ1) is 14.4. The number of carbonyl (C=O) groups excluding carboxylic acids is 1. The van der Waals surface area contributed by atoms with E-state index in [-0.39, 0.29) is 11.1 Å². The van der Waals surface area contributed by atoms with Gasteiger partial charge in [-0.05, 0) is 12.1 Å². The number of hydrazine groups is 1. The van der Waals surface area contributed by atoms with Crippen LogP contribution in [0.4, 0.5) is 4.79 Å². The number of primary amides is 1. The third kappa shape index (κ3) is 5.14. The van der Waals surface area contributed by atoms with Crippen LogP contribution in [0.3, 0.4) is 0 Å². The molecule has 0 aliphatic carbocycles. The number of benzene rings is 1. The summed E-state index contributed by atoms with van der Waals surface area (Å²) in [6.07, 6.45) is 0. The summed E-state index contributed by atoms with van der Waals surface area (Å²) in [4.78, 5) is 30.3. The van der Waals surface area contributed by atoms with Gasteiger partial charge < -0.3 is 15.9 Å². The van der Waals surface area contributed by atoms with Crippen LogP contribution in [-0.4, -0.2) is 28.2 Å². The maximum absolute atomic E-state index is 10.5. The van der Waals surface area contributed by atoms with E-state index in [1.165, 1.54) is 24.3 Å². The van der Waals surface area contributed by atoms with Gasteiger partial charge >= 0.3 is 18.0 Å². The normalized spacial score (nSPS) is 8.53. The molecule has 17 heavy (non-hydrogen) atoms. The smallest absolute Gasteiger partial charge is 0.336 e. The van der Waals surface area contributed by atoms with Crippen LogP contribution in [0.15, 0.2) is 24.3 Å². The number of carboxylic acids is 2. The van der Waals surface area contributed by atoms with Crippen LogP contribution in [-0.2, 0) is 0 Å². The first-order chi connectivity index (χ1) is 7.90. The first-order valence-corrected chi connectivity index (χ1v) is 4.21. The molecule has 0 aliphatic heterocycles. The van der Waals surface area contributed by atoms with Gasteiger partial charge in [-0.1, -0.05) is 12.1 Å². The van der Waals surface area contributed by atoms with Crippen LogP contribution in [0.2, 0.25) is 0 Å². The highest BCUT2D eigenvalue weighted by molar-refractivity contribution is 6.01. The number of carbonyl (C=O) groups is 3. The van der Waals surface area contributed by atoms with Gasteiger partial charge in [-0.2, -0.15) is 0 Å². The minimum atomic E-state index is -1.23. The molecule has 0 aromatic heterocycles. The van der Waals surface area contributed by atoms with Gasteiger partial charge in [-0.25, -0.2) is 20.2 Å². The fourth-order valence-electron chi connectivity index (χ4n) is 0.856. The highest BCUT2D eigenvalue weighted by Gasteiger charge is 2.13. The van der Waals surface area contributed by atoms with E-state index in [1.807, 2.05) is 0 Å². The van der Waals surface area contributed by atoms with Crippen LogP contribution in [0, 0.1) is 0 Å². The second kappa shape index (κ2) is 6.80. The largest absolute Gasteiger partial charge is 0.478 e. The number of aromatic carboxylic acids is 2. The fraction of sp³-hybridized carbons (Fsp3) is 0. The fourth-order valence-corrected chi connectivity index (χ4v) is 0.856. The van der Waals surface area contributed by atoms with E-state index in [9.17, 15) is 14.4 Å². The van der Waals surface area contributed by atoms with E-state index in [0.717, 1.165) is 0 Å². The molecule has 0 unspecified atom stereocenters. The molecular formula is C9H11N3O5. The van der Waals surface area contributed by atoms with Crippen molar-refractivity contribution in [2.75, 3.05) is 0 Å². The number of nitrogens with one attached hydrogen (secondary N) is 1. The average Bonchev–Trinajstić information content (AvgIpc) is 2.29. The third-order valence-corrected chi connectivity index (χ3v) is 1.53. The Morgan fingerprint density at radius 1 is 1.00 bits per heavy atom. The average molecular weight is 241 g/mol. The molecule has 0 saturated heterocycles. The molecule has 0 aliphatic rings. The Hall–Kier alpha value is -2.61. The second-order valence-corrected chi connectivity index (χ2v) is 2.66. The van der Waals surface area contributed by atoms with Crippen molar-refractivity contribution in [3.05, 3.63) is 35.4 Å². The standard InChI is InChI=1S/C8H6O4.CH5N3O/c9-7(10)5-3-1-2-4-6(5)8(11)12;2-1(5)4-3/h1-4H,(H,9,10)(H,11,12);3H2,(H3,2,4,5). The van der Waals surface area contributed by atoms with E-state index in [1.54, 1.807) is 5.43 Å². The molecule has 0 spiro atoms. The highest BCUT2D eigenvalue weighted by atomic mass is 16.4. The van der Waals surface area contributed by atoms with Crippen LogP contribution < -0.4 is 17.0 Å². The summed E-state index contributed by atoms with van der Waals surface area (Å²) in [5, 5.41) is 17.1. The molecular weight excluding hydrogens is 230 g/mol. The first-order valence-electron chi connectivity index (χ1n) is 4.21. The minimum absolute atomic E-state index is 0.190. The van der Waals surface area contributed by atoms with Gasteiger partial charge in [0.1, 0.15) is 0 Å². The molecule has 2 amide bonds. The zero-order valence-corrected chi connectivity index (χ0v) is 8.58. The topological polar surface area (TPSA) is 156 Å². The van der Waals surface area contributed by atoms with Crippen molar-refractivity contribution in [3.63, 3.8) is 0 Å². The molecule has 1 aromatic rings. The lowest BCUT2D eigenvalue weighted by Gasteiger charge is -1.98. The lowest BCUT2D eigenvalue weighted by Crippen LogP contribution is -2.34. The maximum atomic E-state index is 10.5. The predicted molar refractivity (Wildman–Crippen MR) is 57.3 cm³/mol. The molecule has 92 valence electrons. The van der Waals surface area contributed by atoms with Crippen molar-refractivity contribution in [1.82, 2.24) is 5.43 Å². The van der Waals surface area contributed by atoms with Gasteiger partial charge in [0.05, 0.1) is 11.1 Å². The van der Waals surface area contributed by atoms with Crippen LogP contribution in [0.25, 0.3) is 0 Å². The highest BCUT2D eigenvalue weighted by Crippen LogP contribution is 2.07. The quantitative estimate of drug-likeness (QED) is 0.269. The molecule has 7 N–H and O–H groups in total. The molecule has 1 rings (SSSR count). The number of hydrogen-bond acceptors (Lipinski definition) is 4. The molecule has 0 bridgehead atoms. The van der Waals surface area contributed by atoms with Crippen LogP contribution in [0.5, 0.6) is 0 Å². The number of amides is 2. The number of carboxylic acid groups (broad SMARTS) is 2. The van der Waals surface area contributed by atoms with E-state index in [4.69, 9.17) is 10.2 Å².